The number of nitrogens with zero attached hydrogens (tertiary/aromatic N) is 1. The van der Waals surface area contributed by atoms with E-state index in [9.17, 15) is 4.79 Å². The van der Waals surface area contributed by atoms with Crippen molar-refractivity contribution in [3.8, 4) is 5.75 Å². The summed E-state index contributed by atoms with van der Waals surface area (Å²) in [5.41, 5.74) is 3.84. The summed E-state index contributed by atoms with van der Waals surface area (Å²) in [6.07, 6.45) is 1.77. The summed E-state index contributed by atoms with van der Waals surface area (Å²) in [4.78, 5) is 14.2. The van der Waals surface area contributed by atoms with E-state index in [1.165, 1.54) is 0 Å². The molecule has 0 radical (unpaired) electrons. The normalized spacial score (nSPS) is 11.1. The van der Waals surface area contributed by atoms with Crippen molar-refractivity contribution in [2.75, 3.05) is 13.2 Å². The van der Waals surface area contributed by atoms with Crippen LogP contribution in [0.1, 0.15) is 85.9 Å². The molecule has 4 nitrogen and oxygen atoms in total. The van der Waals surface area contributed by atoms with Gasteiger partial charge in [0.1, 0.15) is 12.4 Å². The van der Waals surface area contributed by atoms with Crippen LogP contribution in [0, 0.1) is 0 Å². The molecule has 170 valence electrons. The fourth-order valence-corrected chi connectivity index (χ4v) is 3.00. The summed E-state index contributed by atoms with van der Waals surface area (Å²) in [5, 5.41) is 2.87. The quantitative estimate of drug-likeness (QED) is 0.489. The summed E-state index contributed by atoms with van der Waals surface area (Å²) < 4.78 is 6.14. The van der Waals surface area contributed by atoms with Gasteiger partial charge in [0.05, 0.1) is 6.54 Å². The molecule has 0 bridgehead atoms. The minimum absolute atomic E-state index is 0.105. The van der Waals surface area contributed by atoms with Crippen LogP contribution in [0.3, 0.4) is 0 Å². The highest BCUT2D eigenvalue weighted by Crippen LogP contribution is 2.41. The highest BCUT2D eigenvalue weighted by Gasteiger charge is 2.28. The summed E-state index contributed by atoms with van der Waals surface area (Å²) in [5.74, 6) is 0.920. The zero-order valence-electron chi connectivity index (χ0n) is 21.0. The number of nitrogens with one attached hydrogen (secondary N) is 1. The first-order chi connectivity index (χ1) is 13.8. The van der Waals surface area contributed by atoms with Crippen molar-refractivity contribution in [1.82, 2.24) is 10.2 Å². The van der Waals surface area contributed by atoms with Gasteiger partial charge in [0, 0.05) is 23.4 Å². The van der Waals surface area contributed by atoms with E-state index in [0.717, 1.165) is 22.4 Å². The molecular formula is C26H44N2O2. The molecule has 4 heteroatoms. The fourth-order valence-electron chi connectivity index (χ4n) is 3.00. The minimum atomic E-state index is -0.128. The van der Waals surface area contributed by atoms with Crippen molar-refractivity contribution < 1.29 is 9.53 Å². The second-order valence-corrected chi connectivity index (χ2v) is 9.28. The molecule has 0 aliphatic carbocycles. The average molecular weight is 417 g/mol. The van der Waals surface area contributed by atoms with Crippen molar-refractivity contribution in [3.63, 3.8) is 0 Å². The second-order valence-electron chi connectivity index (χ2n) is 9.28. The van der Waals surface area contributed by atoms with E-state index in [1.807, 2.05) is 27.7 Å². The zero-order valence-corrected chi connectivity index (χ0v) is 21.0. The van der Waals surface area contributed by atoms with Gasteiger partial charge in [0.25, 0.3) is 0 Å². The molecule has 1 aromatic carbocycles. The molecule has 30 heavy (non-hydrogen) atoms. The fraction of sp³-hybridized carbons (Fsp3) is 0.577. The predicted molar refractivity (Wildman–Crippen MR) is 130 cm³/mol. The van der Waals surface area contributed by atoms with Gasteiger partial charge in [-0.05, 0) is 42.4 Å². The third kappa shape index (κ3) is 7.89. The molecule has 0 unspecified atom stereocenters. The summed E-state index contributed by atoms with van der Waals surface area (Å²) in [6, 6.07) is 4.18. The van der Waals surface area contributed by atoms with Crippen molar-refractivity contribution >= 4 is 6.03 Å². The molecule has 0 saturated heterocycles. The van der Waals surface area contributed by atoms with Gasteiger partial charge in [-0.1, -0.05) is 74.6 Å². The zero-order chi connectivity index (χ0) is 23.7. The van der Waals surface area contributed by atoms with Gasteiger partial charge in [-0.3, -0.25) is 4.90 Å². The van der Waals surface area contributed by atoms with Crippen LogP contribution in [0.25, 0.3) is 0 Å². The van der Waals surface area contributed by atoms with Crippen LogP contribution in [-0.4, -0.2) is 24.1 Å². The van der Waals surface area contributed by atoms with Gasteiger partial charge in [-0.15, -0.1) is 0 Å². The number of hydrogen-bond donors (Lipinski definition) is 1. The summed E-state index contributed by atoms with van der Waals surface area (Å²) >= 11 is 0. The standard InChI is InChI=1S/C24H38N2O2.C2H6/c1-11-13-28-21-19(23(5,6)7)14-18(15-20(21)24(8,9)10)16-26(17(3)4)22(27)25-12-2;1-2/h11,14-15H,1,3,12-13,16H2,2,4-10H3,(H,25,27);1-2H3. The molecule has 0 fully saturated rings. The monoisotopic (exact) mass is 416 g/mol. The molecule has 1 aromatic rings. The maximum absolute atomic E-state index is 12.5. The number of carbonyl (C=O) groups is 1. The maximum atomic E-state index is 12.5. The molecule has 0 heterocycles. The minimum Gasteiger partial charge on any atom is -0.489 e. The van der Waals surface area contributed by atoms with Gasteiger partial charge in [0.15, 0.2) is 0 Å². The number of allylic oxidation sites excluding steroid dienone is 1. The van der Waals surface area contributed by atoms with Gasteiger partial charge >= 0.3 is 6.03 Å². The van der Waals surface area contributed by atoms with Crippen LogP contribution in [0.4, 0.5) is 4.79 Å². The van der Waals surface area contributed by atoms with Crippen LogP contribution < -0.4 is 10.1 Å². The van der Waals surface area contributed by atoms with E-state index in [0.29, 0.717) is 25.4 Å². The molecule has 0 aromatic heterocycles. The lowest BCUT2D eigenvalue weighted by molar-refractivity contribution is 0.210. The van der Waals surface area contributed by atoms with Crippen LogP contribution in [0.5, 0.6) is 5.75 Å². The molecule has 0 saturated carbocycles. The lowest BCUT2D eigenvalue weighted by atomic mass is 9.78. The molecule has 1 rings (SSSR count). The maximum Gasteiger partial charge on any atom is 0.321 e. The van der Waals surface area contributed by atoms with E-state index < -0.39 is 0 Å². The van der Waals surface area contributed by atoms with Crippen molar-refractivity contribution in [1.29, 1.82) is 0 Å². The Kier molecular flexibility index (Phi) is 10.9. The Labute approximate surface area is 185 Å². The first-order valence-corrected chi connectivity index (χ1v) is 10.9. The van der Waals surface area contributed by atoms with Crippen LogP contribution in [-0.2, 0) is 17.4 Å². The Hall–Kier alpha value is -2.23. The molecule has 1 N–H and O–H groups in total. The number of carbonyl (C=O) groups excluding carboxylic acids is 1. The molecule has 0 aliphatic rings. The number of hydrogen-bond acceptors (Lipinski definition) is 2. The van der Waals surface area contributed by atoms with Gasteiger partial charge in [-0.2, -0.15) is 0 Å². The molecule has 0 aliphatic heterocycles. The van der Waals surface area contributed by atoms with Crippen molar-refractivity contribution in [3.05, 3.63) is 53.8 Å². The SMILES string of the molecule is C=CCOc1c(C(C)(C)C)cc(CN(C(=C)C)C(=O)NCC)cc1C(C)(C)C.CC. The molecule has 2 amide bonds. The van der Waals surface area contributed by atoms with Gasteiger partial charge < -0.3 is 10.1 Å². The highest BCUT2D eigenvalue weighted by atomic mass is 16.5. The number of rotatable bonds is 7. The lowest BCUT2D eigenvalue weighted by Crippen LogP contribution is -2.38. The summed E-state index contributed by atoms with van der Waals surface area (Å²) in [6.45, 7) is 30.1. The largest absolute Gasteiger partial charge is 0.489 e. The predicted octanol–water partition coefficient (Wildman–Crippen LogP) is 6.94. The first-order valence-electron chi connectivity index (χ1n) is 10.9. The second kappa shape index (κ2) is 11.8. The first kappa shape index (κ1) is 27.8. The third-order valence-corrected chi connectivity index (χ3v) is 4.48. The number of amides is 2. The lowest BCUT2D eigenvalue weighted by Gasteiger charge is -2.31. The Morgan fingerprint density at radius 3 is 1.90 bits per heavy atom. The number of urea groups is 1. The van der Waals surface area contributed by atoms with E-state index >= 15 is 0 Å². The molecular weight excluding hydrogens is 372 g/mol. The topological polar surface area (TPSA) is 41.6 Å². The van der Waals surface area contributed by atoms with E-state index in [4.69, 9.17) is 4.74 Å². The van der Waals surface area contributed by atoms with Gasteiger partial charge in [0.2, 0.25) is 0 Å². The van der Waals surface area contributed by atoms with Gasteiger partial charge in [-0.25, -0.2) is 4.79 Å². The van der Waals surface area contributed by atoms with E-state index in [2.05, 4.69) is 72.1 Å². The average Bonchev–Trinajstić information content (AvgIpc) is 2.64. The number of benzene rings is 1. The Morgan fingerprint density at radius 2 is 1.57 bits per heavy atom. The Morgan fingerprint density at radius 1 is 1.10 bits per heavy atom. The highest BCUT2D eigenvalue weighted by molar-refractivity contribution is 5.76. The van der Waals surface area contributed by atoms with Crippen LogP contribution >= 0.6 is 0 Å². The van der Waals surface area contributed by atoms with Crippen molar-refractivity contribution in [2.45, 2.75) is 86.6 Å². The third-order valence-electron chi connectivity index (χ3n) is 4.48. The smallest absolute Gasteiger partial charge is 0.321 e. The molecule has 0 spiro atoms. The Balaban J connectivity index is 0.00000407. The summed E-state index contributed by atoms with van der Waals surface area (Å²) in [7, 11) is 0. The van der Waals surface area contributed by atoms with Crippen LogP contribution in [0.15, 0.2) is 37.1 Å². The molecule has 0 atom stereocenters. The van der Waals surface area contributed by atoms with E-state index in [1.54, 1.807) is 11.0 Å². The Bertz CT molecular complexity index is 687. The van der Waals surface area contributed by atoms with E-state index in [-0.39, 0.29) is 16.9 Å². The number of ether oxygens (including phenoxy) is 1. The van der Waals surface area contributed by atoms with Crippen LogP contribution in [0.2, 0.25) is 0 Å². The van der Waals surface area contributed by atoms with Crippen molar-refractivity contribution in [2.24, 2.45) is 0 Å².